The number of allylic oxidation sites excluding steroid dienone is 1. The summed E-state index contributed by atoms with van der Waals surface area (Å²) in [7, 11) is 0. The number of hydrogen-bond donors (Lipinski definition) is 0. The van der Waals surface area contributed by atoms with Gasteiger partial charge in [0, 0.05) is 25.8 Å². The first kappa shape index (κ1) is 16.8. The van der Waals surface area contributed by atoms with Crippen molar-refractivity contribution in [3.05, 3.63) is 33.2 Å². The first-order chi connectivity index (χ1) is 12.2. The van der Waals surface area contributed by atoms with E-state index >= 15 is 0 Å². The van der Waals surface area contributed by atoms with Gasteiger partial charge in [-0.05, 0) is 41.4 Å². The average molecular weight is 454 g/mol. The third kappa shape index (κ3) is 3.51. The van der Waals surface area contributed by atoms with Gasteiger partial charge >= 0.3 is 0 Å². The molecule has 1 fully saturated rings. The Bertz CT molecular complexity index is 768. The van der Waals surface area contributed by atoms with Gasteiger partial charge in [-0.15, -0.1) is 0 Å². The van der Waals surface area contributed by atoms with Crippen LogP contribution in [0.4, 0.5) is 10.2 Å². The molecule has 1 aromatic heterocycles. The zero-order chi connectivity index (χ0) is 17.2. The van der Waals surface area contributed by atoms with Crippen LogP contribution in [0.15, 0.2) is 27.0 Å². The predicted molar refractivity (Wildman–Crippen MR) is 107 cm³/mol. The molecule has 0 radical (unpaired) electrons. The molecule has 0 aliphatic carbocycles. The van der Waals surface area contributed by atoms with Crippen LogP contribution in [0.25, 0.3) is 0 Å². The average Bonchev–Trinajstić information content (AvgIpc) is 2.68. The van der Waals surface area contributed by atoms with Gasteiger partial charge in [-0.2, -0.15) is 0 Å². The molecule has 0 unspecified atom stereocenters. The Morgan fingerprint density at radius 2 is 2.12 bits per heavy atom. The van der Waals surface area contributed by atoms with Gasteiger partial charge in [-0.3, -0.25) is 9.79 Å². The Hall–Kier alpha value is -1.64. The van der Waals surface area contributed by atoms with E-state index in [2.05, 4.69) is 19.0 Å². The summed E-state index contributed by atoms with van der Waals surface area (Å²) in [6.45, 7) is 1.92. The zero-order valence-corrected chi connectivity index (χ0v) is 16.0. The summed E-state index contributed by atoms with van der Waals surface area (Å²) in [5.74, 6) is 0.909. The predicted octanol–water partition coefficient (Wildman–Crippen LogP) is 3.06. The van der Waals surface area contributed by atoms with Crippen molar-refractivity contribution >= 4 is 42.8 Å². The third-order valence-corrected chi connectivity index (χ3v) is 6.43. The van der Waals surface area contributed by atoms with Crippen LogP contribution >= 0.6 is 20.7 Å². The number of fused-ring (bicyclic) bond motifs is 1. The SMILES string of the molecule is O=C(c1cnc2c(c1)CCCN2C1=CI=CN=C1)N1CCC(F)CC1. The second kappa shape index (κ2) is 7.31. The number of carbonyl (C=O) groups excluding carboxylic acids is 1. The molecule has 3 aliphatic heterocycles. The van der Waals surface area contributed by atoms with Gasteiger partial charge in [0.1, 0.15) is 12.0 Å². The van der Waals surface area contributed by atoms with Crippen molar-refractivity contribution in [1.82, 2.24) is 9.88 Å². The van der Waals surface area contributed by atoms with Gasteiger partial charge in [-0.1, -0.05) is 20.7 Å². The molecule has 5 nitrogen and oxygen atoms in total. The van der Waals surface area contributed by atoms with Crippen LogP contribution in [-0.2, 0) is 6.42 Å². The number of aliphatic imine (C=N–C) groups is 1. The molecule has 0 atom stereocenters. The minimum atomic E-state index is -0.773. The van der Waals surface area contributed by atoms with Crippen LogP contribution < -0.4 is 4.90 Å². The maximum absolute atomic E-state index is 13.3. The fourth-order valence-electron chi connectivity index (χ4n) is 3.45. The second-order valence-electron chi connectivity index (χ2n) is 6.46. The molecule has 7 heteroatoms. The molecule has 0 spiro atoms. The van der Waals surface area contributed by atoms with Crippen LogP contribution in [0.2, 0.25) is 0 Å². The number of pyridine rings is 1. The maximum Gasteiger partial charge on any atom is 0.255 e. The lowest BCUT2D eigenvalue weighted by Crippen LogP contribution is -2.39. The van der Waals surface area contributed by atoms with E-state index in [1.54, 1.807) is 11.1 Å². The molecular weight excluding hydrogens is 434 g/mol. The summed E-state index contributed by atoms with van der Waals surface area (Å²) >= 11 is -0.119. The van der Waals surface area contributed by atoms with Gasteiger partial charge in [0.15, 0.2) is 0 Å². The molecule has 1 aromatic rings. The molecule has 0 aromatic carbocycles. The molecule has 132 valence electrons. The van der Waals surface area contributed by atoms with Gasteiger partial charge in [0.05, 0.1) is 21.6 Å². The van der Waals surface area contributed by atoms with Crippen molar-refractivity contribution in [2.75, 3.05) is 24.5 Å². The number of anilines is 1. The number of aromatic nitrogens is 1. The Labute approximate surface area is 156 Å². The van der Waals surface area contributed by atoms with Crippen LogP contribution in [0.3, 0.4) is 0 Å². The summed E-state index contributed by atoms with van der Waals surface area (Å²) in [6.07, 6.45) is 5.62. The van der Waals surface area contributed by atoms with E-state index in [1.807, 2.05) is 16.4 Å². The molecule has 25 heavy (non-hydrogen) atoms. The van der Waals surface area contributed by atoms with Crippen molar-refractivity contribution < 1.29 is 9.18 Å². The Balaban J connectivity index is 1.57. The highest BCUT2D eigenvalue weighted by molar-refractivity contribution is 14.2. The van der Waals surface area contributed by atoms with E-state index in [0.29, 0.717) is 31.5 Å². The lowest BCUT2D eigenvalue weighted by atomic mass is 10.0. The topological polar surface area (TPSA) is 48.8 Å². The van der Waals surface area contributed by atoms with Crippen molar-refractivity contribution in [3.63, 3.8) is 0 Å². The molecule has 4 rings (SSSR count). The van der Waals surface area contributed by atoms with Crippen molar-refractivity contribution in [3.8, 4) is 0 Å². The Morgan fingerprint density at radius 3 is 2.88 bits per heavy atom. The quantitative estimate of drug-likeness (QED) is 0.646. The lowest BCUT2D eigenvalue weighted by Gasteiger charge is -2.32. The monoisotopic (exact) mass is 454 g/mol. The Kier molecular flexibility index (Phi) is 4.91. The fraction of sp³-hybridized carbons (Fsp3) is 0.444. The minimum Gasteiger partial charge on any atom is -0.338 e. The molecular formula is C18H20FIN4O. The van der Waals surface area contributed by atoms with Crippen LogP contribution in [-0.4, -0.2) is 51.9 Å². The van der Waals surface area contributed by atoms with Crippen molar-refractivity contribution in [2.45, 2.75) is 31.9 Å². The Morgan fingerprint density at radius 1 is 1.28 bits per heavy atom. The molecule has 0 saturated carbocycles. The van der Waals surface area contributed by atoms with E-state index in [4.69, 9.17) is 0 Å². The molecule has 1 amide bonds. The zero-order valence-electron chi connectivity index (χ0n) is 13.9. The summed E-state index contributed by atoms with van der Waals surface area (Å²) in [4.78, 5) is 25.5. The van der Waals surface area contributed by atoms with E-state index in [0.717, 1.165) is 36.5 Å². The first-order valence-corrected chi connectivity index (χ1v) is 11.1. The number of nitrogens with zero attached hydrogens (tertiary/aromatic N) is 4. The summed E-state index contributed by atoms with van der Waals surface area (Å²) in [5.41, 5.74) is 2.84. The normalized spacial score (nSPS) is 20.8. The summed E-state index contributed by atoms with van der Waals surface area (Å²) in [5, 5.41) is 0. The standard InChI is InChI=1S/C18H20FIN4O/c19-15-3-6-23(7-4-15)18(25)14-8-13-2-1-5-24(17(13)22-10-14)16-9-20-12-21-11-16/h8-12,15H,1-7H2. The smallest absolute Gasteiger partial charge is 0.255 e. The van der Waals surface area contributed by atoms with Crippen LogP contribution in [0.1, 0.15) is 35.2 Å². The van der Waals surface area contributed by atoms with Crippen molar-refractivity contribution in [2.24, 2.45) is 4.99 Å². The number of alkyl halides is 1. The fourth-order valence-corrected chi connectivity index (χ4v) is 4.82. The van der Waals surface area contributed by atoms with Gasteiger partial charge in [0.25, 0.3) is 5.91 Å². The summed E-state index contributed by atoms with van der Waals surface area (Å²) in [6, 6.07) is 1.97. The van der Waals surface area contributed by atoms with Crippen LogP contribution in [0, 0.1) is 0 Å². The van der Waals surface area contributed by atoms with E-state index in [1.165, 1.54) is 0 Å². The number of rotatable bonds is 2. The number of amides is 1. The third-order valence-electron chi connectivity index (χ3n) is 4.79. The number of halogens is 2. The number of likely N-dealkylation sites (tertiary alicyclic amines) is 1. The maximum atomic E-state index is 13.3. The highest BCUT2D eigenvalue weighted by Gasteiger charge is 2.26. The second-order valence-corrected chi connectivity index (χ2v) is 8.36. The minimum absolute atomic E-state index is 0.0294. The van der Waals surface area contributed by atoms with Crippen molar-refractivity contribution in [1.29, 1.82) is 0 Å². The molecule has 3 aliphatic rings. The molecule has 0 N–H and O–H groups in total. The highest BCUT2D eigenvalue weighted by Crippen LogP contribution is 2.30. The number of piperidine rings is 1. The van der Waals surface area contributed by atoms with Crippen LogP contribution in [0.5, 0.6) is 0 Å². The van der Waals surface area contributed by atoms with Gasteiger partial charge in [0.2, 0.25) is 0 Å². The largest absolute Gasteiger partial charge is 0.338 e. The molecule has 1 saturated heterocycles. The number of carbonyl (C=O) groups is 1. The molecule has 4 heterocycles. The molecule has 0 bridgehead atoms. The lowest BCUT2D eigenvalue weighted by molar-refractivity contribution is 0.0666. The van der Waals surface area contributed by atoms with E-state index in [-0.39, 0.29) is 26.6 Å². The summed E-state index contributed by atoms with van der Waals surface area (Å²) < 4.78 is 17.5. The van der Waals surface area contributed by atoms with Gasteiger partial charge < -0.3 is 9.80 Å². The van der Waals surface area contributed by atoms with E-state index < -0.39 is 6.17 Å². The highest BCUT2D eigenvalue weighted by atomic mass is 127. The first-order valence-electron chi connectivity index (χ1n) is 8.59. The van der Waals surface area contributed by atoms with E-state index in [9.17, 15) is 9.18 Å². The number of hydrogen-bond acceptors (Lipinski definition) is 4. The number of aryl methyl sites for hydroxylation is 1. The van der Waals surface area contributed by atoms with Gasteiger partial charge in [-0.25, -0.2) is 9.37 Å².